The summed E-state index contributed by atoms with van der Waals surface area (Å²) in [7, 11) is 2.30. The Morgan fingerprint density at radius 2 is 1.69 bits per heavy atom. The Bertz CT molecular complexity index is 142. The fraction of sp³-hybridized carbons (Fsp3) is 1.00. The lowest BCUT2D eigenvalue weighted by Gasteiger charge is -2.35. The fourth-order valence-corrected chi connectivity index (χ4v) is 1.23. The van der Waals surface area contributed by atoms with Crippen LogP contribution in [0.2, 0.25) is 0 Å². The Labute approximate surface area is 88.0 Å². The highest BCUT2D eigenvalue weighted by Gasteiger charge is 2.23. The molecule has 3 heteroatoms. The van der Waals surface area contributed by atoms with E-state index >= 15 is 0 Å². The maximum absolute atomic E-state index is 5.65. The molecule has 0 aliphatic heterocycles. The van der Waals surface area contributed by atoms with Crippen molar-refractivity contribution in [2.24, 2.45) is 0 Å². The summed E-state index contributed by atoms with van der Waals surface area (Å²) in [6.45, 7) is 12.3. The summed E-state index contributed by atoms with van der Waals surface area (Å²) in [5, 5.41) is 0. The van der Waals surface area contributed by atoms with E-state index in [1.165, 1.54) is 19.6 Å². The first-order valence-corrected chi connectivity index (χ1v) is 5.48. The molecule has 0 bridgehead atoms. The molecule has 0 atom stereocenters. The van der Waals surface area contributed by atoms with E-state index < -0.39 is 0 Å². The normalized spacial score (nSPS) is 13.4. The minimum absolute atomic E-state index is 0.0470. The van der Waals surface area contributed by atoms with Crippen molar-refractivity contribution in [2.45, 2.75) is 39.7 Å². The van der Waals surface area contributed by atoms with E-state index in [2.05, 4.69) is 39.6 Å². The van der Waals surface area contributed by atoms with Gasteiger partial charge in [-0.25, -0.2) is 4.84 Å². The molecule has 0 aliphatic carbocycles. The van der Waals surface area contributed by atoms with Crippen LogP contribution in [-0.2, 0) is 0 Å². The van der Waals surface area contributed by atoms with Crippen molar-refractivity contribution < 1.29 is 4.48 Å². The Morgan fingerprint density at radius 3 is 2.00 bits per heavy atom. The molecule has 1 N–H and O–H groups in total. The predicted octanol–water partition coefficient (Wildman–Crippen LogP) is 2.38. The smallest absolute Gasteiger partial charge is 0.0802 e. The van der Waals surface area contributed by atoms with Crippen molar-refractivity contribution >= 4 is 11.8 Å². The minimum Gasteiger partial charge on any atom is -0.326 e. The third kappa shape index (κ3) is 4.84. The molecule has 0 rings (SSSR count). The summed E-state index contributed by atoms with van der Waals surface area (Å²) in [5.74, 6) is 0. The van der Waals surface area contributed by atoms with E-state index in [1.54, 1.807) is 0 Å². The van der Waals surface area contributed by atoms with Crippen LogP contribution in [0, 0.1) is 0 Å². The number of nitrogens with one attached hydrogen (secondary N) is 1. The summed E-state index contributed by atoms with van der Waals surface area (Å²) < 4.78 is 1.13. The molecule has 0 spiro atoms. The molecule has 0 fully saturated rings. The molecule has 0 radical (unpaired) electrons. The lowest BCUT2D eigenvalue weighted by molar-refractivity contribution is -0.906. The fourth-order valence-electron chi connectivity index (χ4n) is 1.14. The zero-order valence-electron chi connectivity index (χ0n) is 9.65. The standard InChI is InChI=1S/C10H24ClN2/c1-6-13(5,7-2)9-8-10(3,4)12-11/h12H,6-9H2,1-5H3/q+1. The van der Waals surface area contributed by atoms with E-state index in [-0.39, 0.29) is 5.54 Å². The van der Waals surface area contributed by atoms with Crippen molar-refractivity contribution in [3.63, 3.8) is 0 Å². The largest absolute Gasteiger partial charge is 0.326 e. The highest BCUT2D eigenvalue weighted by atomic mass is 35.5. The third-order valence-electron chi connectivity index (χ3n) is 3.06. The Hall–Kier alpha value is 0.210. The minimum atomic E-state index is 0.0470. The maximum atomic E-state index is 5.65. The number of nitrogens with zero attached hydrogens (tertiary/aromatic N) is 1. The lowest BCUT2D eigenvalue weighted by Crippen LogP contribution is -2.48. The maximum Gasteiger partial charge on any atom is 0.0802 e. The number of hydrogen-bond donors (Lipinski definition) is 1. The summed E-state index contributed by atoms with van der Waals surface area (Å²) in [4.78, 5) is 2.82. The second-order valence-corrected chi connectivity index (χ2v) is 4.89. The first-order valence-electron chi connectivity index (χ1n) is 5.10. The molecular formula is C10H24ClN2+. The van der Waals surface area contributed by atoms with Gasteiger partial charge in [-0.3, -0.25) is 0 Å². The molecule has 0 aromatic rings. The first-order chi connectivity index (χ1) is 5.89. The molecule has 0 saturated carbocycles. The van der Waals surface area contributed by atoms with Gasteiger partial charge in [0.15, 0.2) is 0 Å². The lowest BCUT2D eigenvalue weighted by atomic mass is 10.0. The average molecular weight is 208 g/mol. The Kier molecular flexibility index (Phi) is 5.26. The topological polar surface area (TPSA) is 12.0 Å². The van der Waals surface area contributed by atoms with Crippen molar-refractivity contribution in [1.82, 2.24) is 4.84 Å². The quantitative estimate of drug-likeness (QED) is 0.521. The second-order valence-electron chi connectivity index (χ2n) is 4.70. The van der Waals surface area contributed by atoms with Gasteiger partial charge in [0.25, 0.3) is 0 Å². The van der Waals surface area contributed by atoms with Crippen molar-refractivity contribution in [1.29, 1.82) is 0 Å². The van der Waals surface area contributed by atoms with Crippen LogP contribution >= 0.6 is 11.8 Å². The summed E-state index contributed by atoms with van der Waals surface area (Å²) >= 11 is 5.65. The molecule has 13 heavy (non-hydrogen) atoms. The van der Waals surface area contributed by atoms with E-state index in [4.69, 9.17) is 11.8 Å². The molecule has 80 valence electrons. The van der Waals surface area contributed by atoms with Crippen molar-refractivity contribution in [3.8, 4) is 0 Å². The van der Waals surface area contributed by atoms with Crippen LogP contribution in [0.3, 0.4) is 0 Å². The zero-order chi connectivity index (χ0) is 10.5. The van der Waals surface area contributed by atoms with Crippen LogP contribution in [0.1, 0.15) is 34.1 Å². The molecule has 0 unspecified atom stereocenters. The van der Waals surface area contributed by atoms with E-state index in [1.807, 2.05) is 0 Å². The van der Waals surface area contributed by atoms with Gasteiger partial charge >= 0.3 is 0 Å². The van der Waals surface area contributed by atoms with E-state index in [0.717, 1.165) is 10.9 Å². The molecular weight excluding hydrogens is 184 g/mol. The van der Waals surface area contributed by atoms with Gasteiger partial charge < -0.3 is 4.48 Å². The number of quaternary nitrogens is 1. The van der Waals surface area contributed by atoms with Gasteiger partial charge in [-0.1, -0.05) is 0 Å². The van der Waals surface area contributed by atoms with Crippen LogP contribution < -0.4 is 4.84 Å². The molecule has 2 nitrogen and oxygen atoms in total. The summed E-state index contributed by atoms with van der Waals surface area (Å²) in [6.07, 6.45) is 1.11. The van der Waals surface area contributed by atoms with Crippen LogP contribution in [-0.4, -0.2) is 36.7 Å². The average Bonchev–Trinajstić information content (AvgIpc) is 2.14. The monoisotopic (exact) mass is 207 g/mol. The van der Waals surface area contributed by atoms with Gasteiger partial charge in [0.2, 0.25) is 0 Å². The van der Waals surface area contributed by atoms with Gasteiger partial charge in [0.1, 0.15) is 0 Å². The SMILES string of the molecule is CC[N+](C)(CC)CCC(C)(C)NCl. The molecule has 0 saturated heterocycles. The van der Waals surface area contributed by atoms with Gasteiger partial charge in [-0.15, -0.1) is 0 Å². The number of halogens is 1. The van der Waals surface area contributed by atoms with E-state index in [9.17, 15) is 0 Å². The Balaban J connectivity index is 3.99. The Morgan fingerprint density at radius 1 is 1.23 bits per heavy atom. The molecule has 0 amide bonds. The van der Waals surface area contributed by atoms with Crippen LogP contribution in [0.25, 0.3) is 0 Å². The van der Waals surface area contributed by atoms with Crippen molar-refractivity contribution in [3.05, 3.63) is 0 Å². The number of rotatable bonds is 6. The summed E-state index contributed by atoms with van der Waals surface area (Å²) in [5.41, 5.74) is 0.0470. The van der Waals surface area contributed by atoms with Crippen molar-refractivity contribution in [2.75, 3.05) is 26.7 Å². The van der Waals surface area contributed by atoms with E-state index in [0.29, 0.717) is 0 Å². The van der Waals surface area contributed by atoms with Gasteiger partial charge in [-0.2, -0.15) is 0 Å². The third-order valence-corrected chi connectivity index (χ3v) is 3.57. The van der Waals surface area contributed by atoms with Crippen LogP contribution in [0.15, 0.2) is 0 Å². The highest BCUT2D eigenvalue weighted by Crippen LogP contribution is 2.13. The molecule has 0 heterocycles. The zero-order valence-corrected chi connectivity index (χ0v) is 10.4. The molecule has 0 aliphatic rings. The first kappa shape index (κ1) is 13.2. The second kappa shape index (κ2) is 5.18. The highest BCUT2D eigenvalue weighted by molar-refractivity contribution is 6.13. The predicted molar refractivity (Wildman–Crippen MR) is 59.8 cm³/mol. The summed E-state index contributed by atoms with van der Waals surface area (Å²) in [6, 6.07) is 0. The number of hydrogen-bond acceptors (Lipinski definition) is 1. The molecule has 0 aromatic heterocycles. The van der Waals surface area contributed by atoms with Crippen LogP contribution in [0.4, 0.5) is 0 Å². The van der Waals surface area contributed by atoms with Gasteiger partial charge in [0, 0.05) is 12.0 Å². The van der Waals surface area contributed by atoms with Gasteiger partial charge in [0.05, 0.1) is 26.7 Å². The molecule has 0 aromatic carbocycles. The van der Waals surface area contributed by atoms with Gasteiger partial charge in [-0.05, 0) is 39.5 Å². The van der Waals surface area contributed by atoms with Crippen LogP contribution in [0.5, 0.6) is 0 Å².